The van der Waals surface area contributed by atoms with Crippen LogP contribution in [0.15, 0.2) is 72.8 Å². The Morgan fingerprint density at radius 1 is 1.03 bits per heavy atom. The van der Waals surface area contributed by atoms with Crippen molar-refractivity contribution in [2.45, 2.75) is 39.4 Å². The van der Waals surface area contributed by atoms with Crippen LogP contribution in [0.1, 0.15) is 42.9 Å². The molecule has 1 heterocycles. The van der Waals surface area contributed by atoms with Crippen LogP contribution in [0.3, 0.4) is 0 Å². The van der Waals surface area contributed by atoms with E-state index in [1.165, 1.54) is 11.1 Å². The summed E-state index contributed by atoms with van der Waals surface area (Å²) in [5.41, 5.74) is 3.95. The van der Waals surface area contributed by atoms with Crippen LogP contribution in [-0.4, -0.2) is 24.0 Å². The van der Waals surface area contributed by atoms with E-state index in [1.807, 2.05) is 30.4 Å². The van der Waals surface area contributed by atoms with Gasteiger partial charge in [0.1, 0.15) is 5.75 Å². The van der Waals surface area contributed by atoms with Gasteiger partial charge in [-0.1, -0.05) is 72.8 Å². The van der Waals surface area contributed by atoms with Gasteiger partial charge in [0, 0.05) is 12.0 Å². The number of phenols is 1. The quantitative estimate of drug-likeness (QED) is 0.372. The Morgan fingerprint density at radius 3 is 2.10 bits per heavy atom. The van der Waals surface area contributed by atoms with E-state index in [9.17, 15) is 4.79 Å². The van der Waals surface area contributed by atoms with Crippen molar-refractivity contribution in [3.8, 4) is 5.75 Å². The number of carbonyl (C=O) groups excluding carboxylic acids is 1. The first-order valence-corrected chi connectivity index (χ1v) is 10.1. The molecule has 1 saturated heterocycles. The summed E-state index contributed by atoms with van der Waals surface area (Å²) in [6, 6.07) is 15.5. The van der Waals surface area contributed by atoms with Crippen molar-refractivity contribution in [3.05, 3.63) is 89.5 Å². The van der Waals surface area contributed by atoms with Gasteiger partial charge in [-0.25, -0.2) is 4.79 Å². The number of aromatic hydroxyl groups is 1. The smallest absolute Gasteiger partial charge is 0.335 e. The summed E-state index contributed by atoms with van der Waals surface area (Å²) in [4.78, 5) is 11.0. The van der Waals surface area contributed by atoms with Gasteiger partial charge in [0.05, 0.1) is 6.61 Å². The average Bonchev–Trinajstić information content (AvgIpc) is 2.75. The minimum Gasteiger partial charge on any atom is -0.508 e. The molecule has 4 nitrogen and oxygen atoms in total. The molecule has 0 radical (unpaired) electrons. The molecule has 1 N–H and O–H groups in total. The molecule has 1 atom stereocenters. The summed E-state index contributed by atoms with van der Waals surface area (Å²) < 4.78 is 10.2. The number of aryl methyl sites for hydroxylation is 1. The highest BCUT2D eigenvalue weighted by Gasteiger charge is 2.17. The summed E-state index contributed by atoms with van der Waals surface area (Å²) in [5.74, 6) is -0.0655. The fourth-order valence-electron chi connectivity index (χ4n) is 2.62. The van der Waals surface area contributed by atoms with Crippen molar-refractivity contribution >= 4 is 18.1 Å². The van der Waals surface area contributed by atoms with Crippen molar-refractivity contribution in [3.63, 3.8) is 0 Å². The molecule has 0 aliphatic carbocycles. The molecule has 158 valence electrons. The van der Waals surface area contributed by atoms with Gasteiger partial charge in [0.2, 0.25) is 6.29 Å². The van der Waals surface area contributed by atoms with Crippen molar-refractivity contribution in [1.29, 1.82) is 0 Å². The van der Waals surface area contributed by atoms with Crippen molar-refractivity contribution < 1.29 is 19.4 Å². The number of rotatable bonds is 5. The fourth-order valence-corrected chi connectivity index (χ4v) is 2.62. The van der Waals surface area contributed by atoms with Gasteiger partial charge in [0.15, 0.2) is 0 Å². The standard InChI is InChI=1S/C17H16O.C9H14O3/c1-14-6-8-15(9-7-14)4-2-3-5-16-10-12-17(18)13-11-16;1-7(2)9(10)12-8-5-3-4-6-11-8/h2-13,18H,1H3;8H,1,3-6H2,2H3. The maximum Gasteiger partial charge on any atom is 0.335 e. The van der Waals surface area contributed by atoms with Crippen LogP contribution in [-0.2, 0) is 14.3 Å². The number of phenolic OH excluding ortho intramolecular Hbond substituents is 1. The highest BCUT2D eigenvalue weighted by Crippen LogP contribution is 2.14. The highest BCUT2D eigenvalue weighted by molar-refractivity contribution is 5.87. The first kappa shape index (κ1) is 23.2. The predicted molar refractivity (Wildman–Crippen MR) is 122 cm³/mol. The zero-order valence-corrected chi connectivity index (χ0v) is 17.7. The summed E-state index contributed by atoms with van der Waals surface area (Å²) in [7, 11) is 0. The van der Waals surface area contributed by atoms with Gasteiger partial charge >= 0.3 is 5.97 Å². The Hall–Kier alpha value is -3.11. The van der Waals surface area contributed by atoms with E-state index in [4.69, 9.17) is 14.6 Å². The molecule has 30 heavy (non-hydrogen) atoms. The molecular weight excluding hydrogens is 376 g/mol. The average molecular weight is 407 g/mol. The van der Waals surface area contributed by atoms with E-state index < -0.39 is 0 Å². The number of esters is 1. The zero-order chi connectivity index (χ0) is 21.8. The summed E-state index contributed by atoms with van der Waals surface area (Å²) in [6.45, 7) is 7.89. The van der Waals surface area contributed by atoms with Gasteiger partial charge in [-0.05, 0) is 49.9 Å². The normalized spacial score (nSPS) is 16.1. The van der Waals surface area contributed by atoms with Crippen LogP contribution in [0, 0.1) is 6.92 Å². The maximum absolute atomic E-state index is 11.0. The van der Waals surface area contributed by atoms with Crippen molar-refractivity contribution in [2.24, 2.45) is 0 Å². The summed E-state index contributed by atoms with van der Waals surface area (Å²) >= 11 is 0. The lowest BCUT2D eigenvalue weighted by Crippen LogP contribution is -2.25. The number of carbonyl (C=O) groups is 1. The molecule has 1 aliphatic heterocycles. The molecule has 2 aromatic carbocycles. The lowest BCUT2D eigenvalue weighted by molar-refractivity contribution is -0.182. The zero-order valence-electron chi connectivity index (χ0n) is 17.7. The van der Waals surface area contributed by atoms with Gasteiger partial charge in [-0.2, -0.15) is 0 Å². The molecule has 0 aromatic heterocycles. The van der Waals surface area contributed by atoms with Crippen LogP contribution in [0.5, 0.6) is 5.75 Å². The van der Waals surface area contributed by atoms with Gasteiger partial charge < -0.3 is 14.6 Å². The molecule has 1 fully saturated rings. The van der Waals surface area contributed by atoms with Gasteiger partial charge in [0.25, 0.3) is 0 Å². The van der Waals surface area contributed by atoms with E-state index in [2.05, 4.69) is 43.8 Å². The largest absolute Gasteiger partial charge is 0.508 e. The Balaban J connectivity index is 0.000000232. The Morgan fingerprint density at radius 2 is 1.60 bits per heavy atom. The number of hydrogen-bond acceptors (Lipinski definition) is 4. The third kappa shape index (κ3) is 8.93. The fraction of sp³-hybridized carbons (Fsp3) is 0.269. The third-order valence-corrected chi connectivity index (χ3v) is 4.38. The highest BCUT2D eigenvalue weighted by atomic mass is 16.7. The second kappa shape index (κ2) is 12.5. The Labute approximate surface area is 179 Å². The molecule has 0 saturated carbocycles. The van der Waals surface area contributed by atoms with E-state index in [-0.39, 0.29) is 12.3 Å². The number of allylic oxidation sites excluding steroid dienone is 2. The Kier molecular flexibility index (Phi) is 9.62. The molecule has 0 spiro atoms. The first-order valence-electron chi connectivity index (χ1n) is 10.1. The number of hydrogen-bond donors (Lipinski definition) is 1. The summed E-state index contributed by atoms with van der Waals surface area (Å²) in [6.07, 6.45) is 10.7. The van der Waals surface area contributed by atoms with Crippen molar-refractivity contribution in [1.82, 2.24) is 0 Å². The van der Waals surface area contributed by atoms with Gasteiger partial charge in [-0.15, -0.1) is 0 Å². The monoisotopic (exact) mass is 406 g/mol. The second-order valence-corrected chi connectivity index (χ2v) is 7.20. The van der Waals surface area contributed by atoms with Gasteiger partial charge in [-0.3, -0.25) is 0 Å². The van der Waals surface area contributed by atoms with E-state index in [0.29, 0.717) is 17.9 Å². The third-order valence-electron chi connectivity index (χ3n) is 4.38. The second-order valence-electron chi connectivity index (χ2n) is 7.20. The molecule has 1 aliphatic rings. The molecule has 2 aromatic rings. The Bertz CT molecular complexity index is 801. The van der Waals surface area contributed by atoms with Crippen LogP contribution >= 0.6 is 0 Å². The van der Waals surface area contributed by atoms with E-state index in [0.717, 1.165) is 24.8 Å². The lowest BCUT2D eigenvalue weighted by Gasteiger charge is -2.22. The lowest BCUT2D eigenvalue weighted by atomic mass is 10.1. The van der Waals surface area contributed by atoms with Crippen molar-refractivity contribution in [2.75, 3.05) is 6.61 Å². The van der Waals surface area contributed by atoms with E-state index >= 15 is 0 Å². The van der Waals surface area contributed by atoms with E-state index in [1.54, 1.807) is 19.1 Å². The topological polar surface area (TPSA) is 55.8 Å². The predicted octanol–water partition coefficient (Wildman–Crippen LogP) is 6.06. The van der Waals surface area contributed by atoms with Crippen LogP contribution < -0.4 is 0 Å². The molecule has 1 unspecified atom stereocenters. The maximum atomic E-state index is 11.0. The molecule has 3 rings (SSSR count). The molecule has 0 bridgehead atoms. The number of benzene rings is 2. The first-order chi connectivity index (χ1) is 14.4. The molecule has 0 amide bonds. The van der Waals surface area contributed by atoms with Crippen LogP contribution in [0.25, 0.3) is 12.2 Å². The van der Waals surface area contributed by atoms with Crippen LogP contribution in [0.4, 0.5) is 0 Å². The molecular formula is C26H30O4. The minimum atomic E-state index is -0.359. The minimum absolute atomic E-state index is 0.294. The van der Waals surface area contributed by atoms with Crippen LogP contribution in [0.2, 0.25) is 0 Å². The summed E-state index contributed by atoms with van der Waals surface area (Å²) in [5, 5.41) is 9.16. The SMILES string of the molecule is C=C(C)C(=O)OC1CCCCO1.Cc1ccc(C=CC=Cc2ccc(O)cc2)cc1. The molecule has 4 heteroatoms. The number of ether oxygens (including phenoxy) is 2.